The zero-order valence-electron chi connectivity index (χ0n) is 7.67. The average molecular weight is 234 g/mol. The summed E-state index contributed by atoms with van der Waals surface area (Å²) >= 11 is 0. The zero-order valence-corrected chi connectivity index (χ0v) is 8.49. The molecule has 0 radical (unpaired) electrons. The van der Waals surface area contributed by atoms with Gasteiger partial charge in [-0.25, -0.2) is 18.1 Å². The van der Waals surface area contributed by atoms with Gasteiger partial charge in [-0.15, -0.1) is 0 Å². The summed E-state index contributed by atoms with van der Waals surface area (Å²) in [5, 5.41) is 14.4. The van der Waals surface area contributed by atoms with E-state index in [1.165, 1.54) is 6.33 Å². The van der Waals surface area contributed by atoms with Gasteiger partial charge < -0.3 is 5.11 Å². The van der Waals surface area contributed by atoms with E-state index < -0.39 is 21.7 Å². The molecule has 0 aliphatic carbocycles. The Bertz CT molecular complexity index is 412. The minimum atomic E-state index is -3.75. The Morgan fingerprint density at radius 2 is 2.33 bits per heavy atom. The molecule has 0 aliphatic rings. The van der Waals surface area contributed by atoms with E-state index in [1.54, 1.807) is 0 Å². The van der Waals surface area contributed by atoms with Gasteiger partial charge in [-0.05, 0) is 0 Å². The van der Waals surface area contributed by atoms with Crippen LogP contribution in [-0.2, 0) is 21.2 Å². The fourth-order valence-corrected chi connectivity index (χ4v) is 1.73. The van der Waals surface area contributed by atoms with Crippen LogP contribution in [0, 0.1) is 0 Å². The molecular weight excluding hydrogens is 224 g/mol. The molecule has 1 heterocycles. The Balaban J connectivity index is 2.34. The van der Waals surface area contributed by atoms with Crippen molar-refractivity contribution in [1.82, 2.24) is 19.9 Å². The molecule has 0 fully saturated rings. The Morgan fingerprint density at radius 3 is 2.87 bits per heavy atom. The molecule has 1 aromatic rings. The van der Waals surface area contributed by atoms with Crippen molar-refractivity contribution in [2.24, 2.45) is 0 Å². The van der Waals surface area contributed by atoms with Gasteiger partial charge in [0, 0.05) is 13.0 Å². The number of carboxylic acid groups (broad SMARTS) is 1. The van der Waals surface area contributed by atoms with Gasteiger partial charge in [-0.2, -0.15) is 5.10 Å². The number of aromatic nitrogens is 3. The standard InChI is InChI=1S/C6H10N4O4S/c11-6(12)3-15(13,14)9-2-1-5-7-4-8-10-5/h4,9H,1-3H2,(H,11,12)(H,7,8,10). The van der Waals surface area contributed by atoms with Crippen molar-refractivity contribution in [1.29, 1.82) is 0 Å². The van der Waals surface area contributed by atoms with Gasteiger partial charge in [-0.1, -0.05) is 0 Å². The molecule has 1 aromatic heterocycles. The molecule has 0 atom stereocenters. The van der Waals surface area contributed by atoms with Crippen molar-refractivity contribution in [3.8, 4) is 0 Å². The second-order valence-corrected chi connectivity index (χ2v) is 4.54. The smallest absolute Gasteiger partial charge is 0.320 e. The largest absolute Gasteiger partial charge is 0.480 e. The summed E-state index contributed by atoms with van der Waals surface area (Å²) in [4.78, 5) is 13.9. The van der Waals surface area contributed by atoms with Crippen molar-refractivity contribution < 1.29 is 18.3 Å². The summed E-state index contributed by atoms with van der Waals surface area (Å²) in [5.74, 6) is -1.78. The third kappa shape index (κ3) is 4.51. The number of sulfonamides is 1. The normalized spacial score (nSPS) is 11.5. The number of rotatable bonds is 6. The number of H-pyrrole nitrogens is 1. The molecule has 0 bridgehead atoms. The van der Waals surface area contributed by atoms with Crippen LogP contribution in [0.25, 0.3) is 0 Å². The number of aliphatic carboxylic acids is 1. The van der Waals surface area contributed by atoms with Crippen molar-refractivity contribution >= 4 is 16.0 Å². The lowest BCUT2D eigenvalue weighted by Crippen LogP contribution is -2.31. The molecule has 0 aliphatic heterocycles. The quantitative estimate of drug-likeness (QED) is 0.541. The molecular formula is C6H10N4O4S. The maximum Gasteiger partial charge on any atom is 0.320 e. The predicted octanol–water partition coefficient (Wildman–Crippen LogP) is -1.65. The first-order chi connectivity index (χ1) is 6.99. The first kappa shape index (κ1) is 11.6. The number of aromatic amines is 1. The van der Waals surface area contributed by atoms with E-state index >= 15 is 0 Å². The highest BCUT2D eigenvalue weighted by Gasteiger charge is 2.14. The lowest BCUT2D eigenvalue weighted by Gasteiger charge is -2.02. The number of carbonyl (C=O) groups is 1. The summed E-state index contributed by atoms with van der Waals surface area (Å²) in [6.45, 7) is 0.0881. The van der Waals surface area contributed by atoms with Crippen molar-refractivity contribution in [2.75, 3.05) is 12.3 Å². The van der Waals surface area contributed by atoms with Crippen LogP contribution in [0.15, 0.2) is 6.33 Å². The zero-order chi connectivity index (χ0) is 11.3. The first-order valence-corrected chi connectivity index (χ1v) is 5.68. The maximum absolute atomic E-state index is 11.0. The summed E-state index contributed by atoms with van der Waals surface area (Å²) in [5.41, 5.74) is 0. The molecule has 84 valence electrons. The van der Waals surface area contributed by atoms with Gasteiger partial charge in [0.1, 0.15) is 12.2 Å². The Hall–Kier alpha value is -1.48. The minimum Gasteiger partial charge on any atom is -0.480 e. The fraction of sp³-hybridized carbons (Fsp3) is 0.500. The van der Waals surface area contributed by atoms with Crippen molar-refractivity contribution in [3.63, 3.8) is 0 Å². The van der Waals surface area contributed by atoms with Gasteiger partial charge in [0.2, 0.25) is 10.0 Å². The second kappa shape index (κ2) is 4.84. The molecule has 0 saturated carbocycles. The molecule has 8 nitrogen and oxygen atoms in total. The van der Waals surface area contributed by atoms with Gasteiger partial charge >= 0.3 is 5.97 Å². The number of nitrogens with one attached hydrogen (secondary N) is 2. The predicted molar refractivity (Wildman–Crippen MR) is 49.5 cm³/mol. The summed E-state index contributed by atoms with van der Waals surface area (Å²) in [6.07, 6.45) is 1.64. The average Bonchev–Trinajstić information content (AvgIpc) is 2.53. The molecule has 1 rings (SSSR count). The van der Waals surface area contributed by atoms with Crippen LogP contribution in [0.5, 0.6) is 0 Å². The summed E-state index contributed by atoms with van der Waals surface area (Å²) < 4.78 is 24.2. The third-order valence-electron chi connectivity index (χ3n) is 1.46. The SMILES string of the molecule is O=C(O)CS(=O)(=O)NCCc1ncn[nH]1. The highest BCUT2D eigenvalue weighted by molar-refractivity contribution is 7.90. The second-order valence-electron chi connectivity index (χ2n) is 2.73. The third-order valence-corrected chi connectivity index (χ3v) is 2.73. The van der Waals surface area contributed by atoms with Crippen molar-refractivity contribution in [2.45, 2.75) is 6.42 Å². The van der Waals surface area contributed by atoms with Crippen LogP contribution in [0.2, 0.25) is 0 Å². The number of hydrogen-bond acceptors (Lipinski definition) is 5. The Morgan fingerprint density at radius 1 is 1.60 bits per heavy atom. The van der Waals surface area contributed by atoms with Crippen LogP contribution >= 0.6 is 0 Å². The Labute approximate surface area is 85.8 Å². The highest BCUT2D eigenvalue weighted by atomic mass is 32.2. The number of hydrogen-bond donors (Lipinski definition) is 3. The highest BCUT2D eigenvalue weighted by Crippen LogP contribution is 1.88. The number of carboxylic acids is 1. The van der Waals surface area contributed by atoms with E-state index in [2.05, 4.69) is 19.9 Å². The summed E-state index contributed by atoms with van der Waals surface area (Å²) in [7, 11) is -3.75. The molecule has 0 aromatic carbocycles. The minimum absolute atomic E-state index is 0.0881. The van der Waals surface area contributed by atoms with E-state index in [0.29, 0.717) is 12.2 Å². The molecule has 9 heteroatoms. The number of nitrogens with zero attached hydrogens (tertiary/aromatic N) is 2. The lowest BCUT2D eigenvalue weighted by molar-refractivity contribution is -0.134. The molecule has 0 amide bonds. The van der Waals surface area contributed by atoms with Crippen LogP contribution in [0.1, 0.15) is 5.82 Å². The van der Waals surface area contributed by atoms with E-state index in [1.807, 2.05) is 0 Å². The van der Waals surface area contributed by atoms with Crippen LogP contribution in [-0.4, -0.2) is 47.0 Å². The van der Waals surface area contributed by atoms with Gasteiger partial charge in [0.25, 0.3) is 0 Å². The maximum atomic E-state index is 11.0. The van der Waals surface area contributed by atoms with E-state index in [4.69, 9.17) is 5.11 Å². The van der Waals surface area contributed by atoms with Gasteiger partial charge in [-0.3, -0.25) is 9.89 Å². The first-order valence-electron chi connectivity index (χ1n) is 4.03. The van der Waals surface area contributed by atoms with Crippen molar-refractivity contribution in [3.05, 3.63) is 12.2 Å². The van der Waals surface area contributed by atoms with Crippen LogP contribution in [0.4, 0.5) is 0 Å². The van der Waals surface area contributed by atoms with E-state index in [9.17, 15) is 13.2 Å². The molecule has 15 heavy (non-hydrogen) atoms. The molecule has 0 saturated heterocycles. The van der Waals surface area contributed by atoms with Gasteiger partial charge in [0.05, 0.1) is 0 Å². The molecule has 3 N–H and O–H groups in total. The van der Waals surface area contributed by atoms with Crippen LogP contribution in [0.3, 0.4) is 0 Å². The summed E-state index contributed by atoms with van der Waals surface area (Å²) in [6, 6.07) is 0. The van der Waals surface area contributed by atoms with Gasteiger partial charge in [0.15, 0.2) is 5.75 Å². The monoisotopic (exact) mass is 234 g/mol. The topological polar surface area (TPSA) is 125 Å². The fourth-order valence-electron chi connectivity index (χ4n) is 0.890. The van der Waals surface area contributed by atoms with E-state index in [-0.39, 0.29) is 6.54 Å². The van der Waals surface area contributed by atoms with E-state index in [0.717, 1.165) is 0 Å². The Kier molecular flexibility index (Phi) is 3.74. The van der Waals surface area contributed by atoms with Crippen LogP contribution < -0.4 is 4.72 Å². The molecule has 0 spiro atoms. The molecule has 0 unspecified atom stereocenters. The lowest BCUT2D eigenvalue weighted by atomic mass is 10.4.